The summed E-state index contributed by atoms with van der Waals surface area (Å²) in [4.78, 5) is 38.1. The fourth-order valence-electron chi connectivity index (χ4n) is 7.34. The molecule has 1 atom stereocenters. The predicted octanol–water partition coefficient (Wildman–Crippen LogP) is 18.1. The molecular weight excluding hydrogens is 817 g/mol. The summed E-state index contributed by atoms with van der Waals surface area (Å²) in [5.41, 5.74) is 0. The molecular formula is C60H100O6. The highest BCUT2D eigenvalue weighted by Crippen LogP contribution is 2.14. The van der Waals surface area contributed by atoms with Gasteiger partial charge in [0.1, 0.15) is 13.2 Å². The van der Waals surface area contributed by atoms with Gasteiger partial charge in [-0.15, -0.1) is 0 Å². The van der Waals surface area contributed by atoms with E-state index in [9.17, 15) is 14.4 Å². The SMILES string of the molecule is CC\C=C/C=C\C=C/C=C\CCCCCCCC(=O)OC(COC(=O)CCCCC/C=C\CCCCCCCCC)COC(=O)CCCCCCCCCCC/C=C\C/C=C\C/C=C\CC. The van der Waals surface area contributed by atoms with Crippen LogP contribution in [0.3, 0.4) is 0 Å². The molecule has 0 saturated carbocycles. The van der Waals surface area contributed by atoms with Gasteiger partial charge in [-0.2, -0.15) is 0 Å². The molecule has 0 fully saturated rings. The van der Waals surface area contributed by atoms with E-state index in [1.807, 2.05) is 18.2 Å². The van der Waals surface area contributed by atoms with Crippen LogP contribution in [0.4, 0.5) is 0 Å². The highest BCUT2D eigenvalue weighted by Gasteiger charge is 2.19. The Morgan fingerprint density at radius 3 is 1.14 bits per heavy atom. The molecule has 0 aliphatic carbocycles. The van der Waals surface area contributed by atoms with Crippen molar-refractivity contribution in [3.63, 3.8) is 0 Å². The number of esters is 3. The Morgan fingerprint density at radius 1 is 0.333 bits per heavy atom. The van der Waals surface area contributed by atoms with Gasteiger partial charge < -0.3 is 14.2 Å². The molecule has 0 aliphatic heterocycles. The van der Waals surface area contributed by atoms with Crippen molar-refractivity contribution < 1.29 is 28.6 Å². The van der Waals surface area contributed by atoms with Crippen molar-refractivity contribution >= 4 is 17.9 Å². The molecule has 0 radical (unpaired) electrons. The summed E-state index contributed by atoms with van der Waals surface area (Å²) in [6.45, 7) is 6.35. The predicted molar refractivity (Wildman–Crippen MR) is 284 cm³/mol. The minimum absolute atomic E-state index is 0.0955. The zero-order valence-corrected chi connectivity index (χ0v) is 42.9. The quantitative estimate of drug-likeness (QED) is 0.0199. The number of ether oxygens (including phenoxy) is 3. The molecule has 0 heterocycles. The maximum Gasteiger partial charge on any atom is 0.306 e. The van der Waals surface area contributed by atoms with Gasteiger partial charge in [-0.25, -0.2) is 0 Å². The largest absolute Gasteiger partial charge is 0.462 e. The minimum Gasteiger partial charge on any atom is -0.462 e. The number of carbonyl (C=O) groups excluding carboxylic acids is 3. The lowest BCUT2D eigenvalue weighted by Crippen LogP contribution is -2.30. The summed E-state index contributed by atoms with van der Waals surface area (Å²) in [5.74, 6) is -0.940. The van der Waals surface area contributed by atoms with E-state index in [0.717, 1.165) is 116 Å². The van der Waals surface area contributed by atoms with E-state index in [0.29, 0.717) is 19.3 Å². The van der Waals surface area contributed by atoms with Crippen LogP contribution in [0.15, 0.2) is 97.2 Å². The van der Waals surface area contributed by atoms with Crippen molar-refractivity contribution in [1.29, 1.82) is 0 Å². The molecule has 66 heavy (non-hydrogen) atoms. The molecule has 0 amide bonds. The van der Waals surface area contributed by atoms with Crippen LogP contribution in [0.2, 0.25) is 0 Å². The van der Waals surface area contributed by atoms with Crippen LogP contribution in [0.1, 0.15) is 245 Å². The van der Waals surface area contributed by atoms with E-state index in [1.165, 1.54) is 89.9 Å². The first-order valence-corrected chi connectivity index (χ1v) is 27.3. The topological polar surface area (TPSA) is 78.9 Å². The first kappa shape index (κ1) is 62.3. The zero-order valence-electron chi connectivity index (χ0n) is 42.9. The Labute approximate surface area is 407 Å². The smallest absolute Gasteiger partial charge is 0.306 e. The van der Waals surface area contributed by atoms with Gasteiger partial charge in [0.2, 0.25) is 0 Å². The highest BCUT2D eigenvalue weighted by molar-refractivity contribution is 5.71. The van der Waals surface area contributed by atoms with Crippen molar-refractivity contribution in [3.8, 4) is 0 Å². The molecule has 0 rings (SSSR count). The van der Waals surface area contributed by atoms with Gasteiger partial charge in [0.05, 0.1) is 0 Å². The lowest BCUT2D eigenvalue weighted by Gasteiger charge is -2.18. The van der Waals surface area contributed by atoms with Crippen LogP contribution in [-0.4, -0.2) is 37.2 Å². The summed E-state index contributed by atoms with van der Waals surface area (Å²) < 4.78 is 16.8. The summed E-state index contributed by atoms with van der Waals surface area (Å²) in [6, 6.07) is 0. The van der Waals surface area contributed by atoms with Crippen LogP contribution in [0.25, 0.3) is 0 Å². The van der Waals surface area contributed by atoms with Crippen LogP contribution in [0, 0.1) is 0 Å². The van der Waals surface area contributed by atoms with Crippen molar-refractivity contribution in [1.82, 2.24) is 0 Å². The highest BCUT2D eigenvalue weighted by atomic mass is 16.6. The van der Waals surface area contributed by atoms with Gasteiger partial charge in [-0.05, 0) is 96.3 Å². The molecule has 0 aliphatic rings. The standard InChI is InChI=1S/C60H100O6/c1-4-7-10-13-16-19-22-25-28-29-30-31-33-35-38-41-44-47-50-53-59(62)65-56-57(55-64-58(61)52-49-46-43-40-37-34-27-24-21-18-15-12-9-6-3)66-60(63)54-51-48-45-42-39-36-32-26-23-20-17-14-11-8-5-2/h7-8,10-11,14,16-17,19-20,23,25-26,28,32,34,37,57H,4-6,9,12-13,15,18,21-22,24,27,29-31,33,35-36,38-56H2,1-3H3/b10-7-,11-8-,17-14-,19-16-,23-20-,28-25-,32-26-,37-34-. The zero-order chi connectivity index (χ0) is 47.9. The van der Waals surface area contributed by atoms with E-state index in [2.05, 4.69) is 99.8 Å². The Kier molecular flexibility index (Phi) is 50.9. The Morgan fingerprint density at radius 2 is 0.667 bits per heavy atom. The Balaban J connectivity index is 4.43. The maximum atomic E-state index is 12.8. The number of allylic oxidation sites excluding steroid dienone is 16. The van der Waals surface area contributed by atoms with Crippen LogP contribution < -0.4 is 0 Å². The van der Waals surface area contributed by atoms with Crippen molar-refractivity contribution in [2.45, 2.75) is 252 Å². The summed E-state index contributed by atoms with van der Waals surface area (Å²) in [7, 11) is 0. The van der Waals surface area contributed by atoms with Gasteiger partial charge in [0, 0.05) is 19.3 Å². The third-order valence-electron chi connectivity index (χ3n) is 11.4. The van der Waals surface area contributed by atoms with E-state index >= 15 is 0 Å². The van der Waals surface area contributed by atoms with E-state index in [1.54, 1.807) is 0 Å². The molecule has 0 N–H and O–H groups in total. The molecule has 0 aromatic rings. The third-order valence-corrected chi connectivity index (χ3v) is 11.4. The van der Waals surface area contributed by atoms with Crippen molar-refractivity contribution in [3.05, 3.63) is 97.2 Å². The molecule has 6 nitrogen and oxygen atoms in total. The van der Waals surface area contributed by atoms with Crippen molar-refractivity contribution in [2.75, 3.05) is 13.2 Å². The number of rotatable bonds is 48. The average molecular weight is 917 g/mol. The molecule has 0 spiro atoms. The second kappa shape index (κ2) is 53.9. The average Bonchev–Trinajstić information content (AvgIpc) is 3.31. The Hall–Kier alpha value is -3.67. The van der Waals surface area contributed by atoms with Crippen LogP contribution in [0.5, 0.6) is 0 Å². The second-order valence-corrected chi connectivity index (χ2v) is 17.8. The first-order valence-electron chi connectivity index (χ1n) is 27.3. The van der Waals surface area contributed by atoms with Gasteiger partial charge in [0.25, 0.3) is 0 Å². The molecule has 0 saturated heterocycles. The summed E-state index contributed by atoms with van der Waals surface area (Å²) >= 11 is 0. The van der Waals surface area contributed by atoms with Gasteiger partial charge in [0.15, 0.2) is 6.10 Å². The monoisotopic (exact) mass is 917 g/mol. The normalized spacial score (nSPS) is 12.8. The number of carbonyl (C=O) groups is 3. The van der Waals surface area contributed by atoms with Gasteiger partial charge >= 0.3 is 17.9 Å². The molecule has 0 aromatic heterocycles. The number of unbranched alkanes of at least 4 members (excludes halogenated alkanes) is 24. The number of hydrogen-bond donors (Lipinski definition) is 0. The van der Waals surface area contributed by atoms with E-state index < -0.39 is 6.10 Å². The number of hydrogen-bond acceptors (Lipinski definition) is 6. The molecule has 0 bridgehead atoms. The fraction of sp³-hybridized carbons (Fsp3) is 0.683. The van der Waals surface area contributed by atoms with E-state index in [-0.39, 0.29) is 31.1 Å². The lowest BCUT2D eigenvalue weighted by atomic mass is 10.1. The lowest BCUT2D eigenvalue weighted by molar-refractivity contribution is -0.167. The van der Waals surface area contributed by atoms with Crippen molar-refractivity contribution in [2.24, 2.45) is 0 Å². The first-order chi connectivity index (χ1) is 32.5. The Bertz CT molecular complexity index is 1330. The molecule has 0 aromatic carbocycles. The second-order valence-electron chi connectivity index (χ2n) is 17.8. The van der Waals surface area contributed by atoms with Crippen LogP contribution >= 0.6 is 0 Å². The third kappa shape index (κ3) is 51.3. The minimum atomic E-state index is -0.799. The van der Waals surface area contributed by atoms with E-state index in [4.69, 9.17) is 14.2 Å². The van der Waals surface area contributed by atoms with Gasteiger partial charge in [-0.1, -0.05) is 227 Å². The van der Waals surface area contributed by atoms with Crippen LogP contribution in [-0.2, 0) is 28.6 Å². The molecule has 376 valence electrons. The maximum absolute atomic E-state index is 12.8. The fourth-order valence-corrected chi connectivity index (χ4v) is 7.34. The molecule has 6 heteroatoms. The summed E-state index contributed by atoms with van der Waals surface area (Å²) in [5, 5.41) is 0. The van der Waals surface area contributed by atoms with Gasteiger partial charge in [-0.3, -0.25) is 14.4 Å². The summed E-state index contributed by atoms with van der Waals surface area (Å²) in [6.07, 6.45) is 71.0. The molecule has 1 unspecified atom stereocenters.